The number of hydrogen-bond donors (Lipinski definition) is 1. The fourth-order valence-electron chi connectivity index (χ4n) is 1.67. The van der Waals surface area contributed by atoms with Crippen LogP contribution < -0.4 is 5.32 Å². The molecule has 0 aliphatic heterocycles. The van der Waals surface area contributed by atoms with Crippen LogP contribution in [0.3, 0.4) is 0 Å². The Kier molecular flexibility index (Phi) is 3.96. The number of non-ortho nitro benzene ring substituents is 1. The molecule has 0 bridgehead atoms. The van der Waals surface area contributed by atoms with Crippen molar-refractivity contribution in [2.75, 3.05) is 19.0 Å². The molecule has 1 heterocycles. The summed E-state index contributed by atoms with van der Waals surface area (Å²) in [6.07, 6.45) is 0.815. The maximum Gasteiger partial charge on any atom is 0.295 e. The van der Waals surface area contributed by atoms with Crippen LogP contribution in [0.15, 0.2) is 22.6 Å². The Balaban J connectivity index is 2.15. The zero-order valence-corrected chi connectivity index (χ0v) is 10.8. The second-order valence-electron chi connectivity index (χ2n) is 4.26. The van der Waals surface area contributed by atoms with Gasteiger partial charge in [0.1, 0.15) is 5.52 Å². The zero-order valence-electron chi connectivity index (χ0n) is 10.8. The summed E-state index contributed by atoms with van der Waals surface area (Å²) in [6, 6.07) is 4.85. The Hall–Kier alpha value is -2.15. The molecule has 2 rings (SSSR count). The molecule has 0 aliphatic carbocycles. The number of rotatable bonds is 6. The molecular formula is C12H15N3O4. The standard InChI is InChI=1S/C12H15N3O4/c1-8(5-6-18-2)13-12-14-10-4-3-9(15(16)17)7-11(10)19-12/h3-4,7-8H,5-6H2,1-2H3,(H,13,14). The molecule has 1 unspecified atom stereocenters. The number of aromatic nitrogens is 1. The molecule has 1 N–H and O–H groups in total. The molecule has 0 amide bonds. The van der Waals surface area contributed by atoms with E-state index in [2.05, 4.69) is 10.3 Å². The molecule has 0 spiro atoms. The Morgan fingerprint density at radius 1 is 1.58 bits per heavy atom. The van der Waals surface area contributed by atoms with Crippen molar-refractivity contribution in [1.82, 2.24) is 4.98 Å². The number of fused-ring (bicyclic) bond motifs is 1. The van der Waals surface area contributed by atoms with Gasteiger partial charge in [-0.15, -0.1) is 0 Å². The third kappa shape index (κ3) is 3.19. The minimum atomic E-state index is -0.462. The second kappa shape index (κ2) is 5.66. The van der Waals surface area contributed by atoms with Gasteiger partial charge in [-0.1, -0.05) is 0 Å². The van der Waals surface area contributed by atoms with Crippen molar-refractivity contribution in [2.24, 2.45) is 0 Å². The Morgan fingerprint density at radius 2 is 2.37 bits per heavy atom. The van der Waals surface area contributed by atoms with Gasteiger partial charge >= 0.3 is 0 Å². The summed E-state index contributed by atoms with van der Waals surface area (Å²) >= 11 is 0. The molecular weight excluding hydrogens is 250 g/mol. The van der Waals surface area contributed by atoms with Crippen LogP contribution in [0.5, 0.6) is 0 Å². The maximum atomic E-state index is 10.7. The van der Waals surface area contributed by atoms with Crippen molar-refractivity contribution in [3.63, 3.8) is 0 Å². The van der Waals surface area contributed by atoms with Crippen LogP contribution in [0.25, 0.3) is 11.1 Å². The topological polar surface area (TPSA) is 90.4 Å². The number of hydrogen-bond acceptors (Lipinski definition) is 6. The van der Waals surface area contributed by atoms with Crippen LogP contribution >= 0.6 is 0 Å². The molecule has 0 saturated carbocycles. The lowest BCUT2D eigenvalue weighted by Crippen LogP contribution is -2.17. The Morgan fingerprint density at radius 3 is 3.05 bits per heavy atom. The van der Waals surface area contributed by atoms with E-state index in [1.165, 1.54) is 12.1 Å². The van der Waals surface area contributed by atoms with Crippen molar-refractivity contribution < 1.29 is 14.1 Å². The normalized spacial score (nSPS) is 12.5. The van der Waals surface area contributed by atoms with E-state index in [1.807, 2.05) is 6.92 Å². The molecule has 0 fully saturated rings. The van der Waals surface area contributed by atoms with Gasteiger partial charge in [0.2, 0.25) is 0 Å². The van der Waals surface area contributed by atoms with E-state index in [-0.39, 0.29) is 11.7 Å². The fraction of sp³-hybridized carbons (Fsp3) is 0.417. The molecule has 7 nitrogen and oxygen atoms in total. The van der Waals surface area contributed by atoms with Crippen LogP contribution in [0.4, 0.5) is 11.7 Å². The summed E-state index contributed by atoms with van der Waals surface area (Å²) in [4.78, 5) is 14.4. The third-order valence-electron chi connectivity index (χ3n) is 2.71. The van der Waals surface area contributed by atoms with E-state index in [0.29, 0.717) is 23.7 Å². The average molecular weight is 265 g/mol. The van der Waals surface area contributed by atoms with Crippen LogP contribution in [0.1, 0.15) is 13.3 Å². The zero-order chi connectivity index (χ0) is 13.8. The summed E-state index contributed by atoms with van der Waals surface area (Å²) in [5, 5.41) is 13.7. The van der Waals surface area contributed by atoms with Crippen molar-refractivity contribution in [3.8, 4) is 0 Å². The number of nitro groups is 1. The number of methoxy groups -OCH3 is 1. The Labute approximate surface area is 109 Å². The second-order valence-corrected chi connectivity index (χ2v) is 4.26. The van der Waals surface area contributed by atoms with E-state index >= 15 is 0 Å². The van der Waals surface area contributed by atoms with Gasteiger partial charge in [0, 0.05) is 25.8 Å². The monoisotopic (exact) mass is 265 g/mol. The van der Waals surface area contributed by atoms with Crippen LogP contribution in [-0.4, -0.2) is 29.7 Å². The average Bonchev–Trinajstić information content (AvgIpc) is 2.77. The molecule has 0 saturated heterocycles. The van der Waals surface area contributed by atoms with E-state index in [9.17, 15) is 10.1 Å². The molecule has 1 aromatic carbocycles. The highest BCUT2D eigenvalue weighted by molar-refractivity contribution is 5.77. The molecule has 0 aliphatic rings. The number of anilines is 1. The van der Waals surface area contributed by atoms with Crippen LogP contribution in [-0.2, 0) is 4.74 Å². The van der Waals surface area contributed by atoms with Gasteiger partial charge in [-0.25, -0.2) is 0 Å². The Bertz CT molecular complexity index is 581. The van der Waals surface area contributed by atoms with E-state index in [0.717, 1.165) is 6.42 Å². The molecule has 0 radical (unpaired) electrons. The van der Waals surface area contributed by atoms with Crippen molar-refractivity contribution in [3.05, 3.63) is 28.3 Å². The summed E-state index contributed by atoms with van der Waals surface area (Å²) in [5.74, 6) is 0. The quantitative estimate of drug-likeness (QED) is 0.637. The predicted octanol–water partition coefficient (Wildman–Crippen LogP) is 2.57. The lowest BCUT2D eigenvalue weighted by Gasteiger charge is -2.10. The summed E-state index contributed by atoms with van der Waals surface area (Å²) in [7, 11) is 1.64. The van der Waals surface area contributed by atoms with Crippen molar-refractivity contribution >= 4 is 22.8 Å². The summed E-state index contributed by atoms with van der Waals surface area (Å²) in [5.41, 5.74) is 0.977. The minimum Gasteiger partial charge on any atom is -0.423 e. The number of nitro benzene ring substituents is 1. The van der Waals surface area contributed by atoms with Crippen LogP contribution in [0, 0.1) is 10.1 Å². The molecule has 2 aromatic rings. The van der Waals surface area contributed by atoms with Gasteiger partial charge < -0.3 is 14.5 Å². The third-order valence-corrected chi connectivity index (χ3v) is 2.71. The van der Waals surface area contributed by atoms with E-state index in [1.54, 1.807) is 13.2 Å². The summed E-state index contributed by atoms with van der Waals surface area (Å²) in [6.45, 7) is 2.62. The SMILES string of the molecule is COCCC(C)Nc1nc2ccc([N+](=O)[O-])cc2o1. The lowest BCUT2D eigenvalue weighted by molar-refractivity contribution is -0.384. The highest BCUT2D eigenvalue weighted by Gasteiger charge is 2.12. The van der Waals surface area contributed by atoms with Crippen molar-refractivity contribution in [1.29, 1.82) is 0 Å². The van der Waals surface area contributed by atoms with Crippen LogP contribution in [0.2, 0.25) is 0 Å². The molecule has 7 heteroatoms. The number of nitrogens with one attached hydrogen (secondary N) is 1. The largest absolute Gasteiger partial charge is 0.423 e. The maximum absolute atomic E-state index is 10.7. The van der Waals surface area contributed by atoms with Gasteiger partial charge in [-0.05, 0) is 19.4 Å². The number of ether oxygens (including phenoxy) is 1. The highest BCUT2D eigenvalue weighted by atomic mass is 16.6. The number of nitrogens with zero attached hydrogens (tertiary/aromatic N) is 2. The molecule has 19 heavy (non-hydrogen) atoms. The number of benzene rings is 1. The first-order valence-electron chi connectivity index (χ1n) is 5.90. The van der Waals surface area contributed by atoms with E-state index < -0.39 is 4.92 Å². The first kappa shape index (κ1) is 13.3. The highest BCUT2D eigenvalue weighted by Crippen LogP contribution is 2.24. The van der Waals surface area contributed by atoms with Gasteiger partial charge in [0.15, 0.2) is 5.58 Å². The first-order chi connectivity index (χ1) is 9.10. The predicted molar refractivity (Wildman–Crippen MR) is 70.2 cm³/mol. The van der Waals surface area contributed by atoms with Gasteiger partial charge in [-0.2, -0.15) is 4.98 Å². The van der Waals surface area contributed by atoms with E-state index in [4.69, 9.17) is 9.15 Å². The number of oxazole rings is 1. The molecule has 102 valence electrons. The molecule has 1 atom stereocenters. The lowest BCUT2D eigenvalue weighted by atomic mass is 10.2. The minimum absolute atomic E-state index is 0.0115. The van der Waals surface area contributed by atoms with Gasteiger partial charge in [0.25, 0.3) is 11.7 Å². The first-order valence-corrected chi connectivity index (χ1v) is 5.90. The summed E-state index contributed by atoms with van der Waals surface area (Å²) < 4.78 is 10.4. The van der Waals surface area contributed by atoms with Crippen molar-refractivity contribution in [2.45, 2.75) is 19.4 Å². The molecule has 1 aromatic heterocycles. The fourth-order valence-corrected chi connectivity index (χ4v) is 1.67. The van der Waals surface area contributed by atoms with Gasteiger partial charge in [-0.3, -0.25) is 10.1 Å². The smallest absolute Gasteiger partial charge is 0.295 e. The van der Waals surface area contributed by atoms with Gasteiger partial charge in [0.05, 0.1) is 11.0 Å².